The van der Waals surface area contributed by atoms with Crippen molar-refractivity contribution in [2.75, 3.05) is 7.11 Å². The van der Waals surface area contributed by atoms with Crippen molar-refractivity contribution in [1.29, 1.82) is 0 Å². The molecule has 1 unspecified atom stereocenters. The Morgan fingerprint density at radius 2 is 2.05 bits per heavy atom. The van der Waals surface area contributed by atoms with E-state index in [4.69, 9.17) is 4.74 Å². The van der Waals surface area contributed by atoms with E-state index in [-0.39, 0.29) is 6.04 Å². The molecule has 1 aromatic rings. The molecule has 1 N–H and O–H groups in total. The predicted octanol–water partition coefficient (Wildman–Crippen LogP) is 2.11. The number of methoxy groups -OCH3 is 1. The maximum Gasteiger partial charge on any atom is 0.138 e. The lowest BCUT2D eigenvalue weighted by molar-refractivity contribution is -0.123. The highest BCUT2D eigenvalue weighted by molar-refractivity contribution is 4.98. The molecule has 0 aliphatic heterocycles. The standard InChI is InChI=1S/C14H25N3O2/c1-11(2)17-13(15-10-16-17)9-12(18)14(19-3)7-5-4-6-8-14/h10-12,18H,4-9H2,1-3H3. The summed E-state index contributed by atoms with van der Waals surface area (Å²) in [4.78, 5) is 4.27. The SMILES string of the molecule is COC1(C(O)Cc2ncnn2C(C)C)CCCCC1. The maximum atomic E-state index is 10.6. The highest BCUT2D eigenvalue weighted by Gasteiger charge is 2.39. The van der Waals surface area contributed by atoms with Gasteiger partial charge in [0.1, 0.15) is 12.2 Å². The van der Waals surface area contributed by atoms with Gasteiger partial charge in [0.25, 0.3) is 0 Å². The zero-order chi connectivity index (χ0) is 13.9. The molecule has 1 heterocycles. The predicted molar refractivity (Wildman–Crippen MR) is 72.9 cm³/mol. The van der Waals surface area contributed by atoms with Crippen LogP contribution in [0.15, 0.2) is 6.33 Å². The molecule has 0 radical (unpaired) electrons. The summed E-state index contributed by atoms with van der Waals surface area (Å²) < 4.78 is 7.55. The first-order valence-electron chi connectivity index (χ1n) is 7.20. The fourth-order valence-electron chi connectivity index (χ4n) is 3.03. The Kier molecular flexibility index (Phi) is 4.58. The normalized spacial score (nSPS) is 20.7. The maximum absolute atomic E-state index is 10.6. The molecule has 0 amide bonds. The summed E-state index contributed by atoms with van der Waals surface area (Å²) in [5.74, 6) is 0.837. The fourth-order valence-corrected chi connectivity index (χ4v) is 3.03. The monoisotopic (exact) mass is 267 g/mol. The van der Waals surface area contributed by atoms with Gasteiger partial charge in [0.2, 0.25) is 0 Å². The molecule has 5 nitrogen and oxygen atoms in total. The van der Waals surface area contributed by atoms with E-state index in [0.717, 1.165) is 31.5 Å². The second-order valence-corrected chi connectivity index (χ2v) is 5.76. The van der Waals surface area contributed by atoms with Crippen molar-refractivity contribution in [1.82, 2.24) is 14.8 Å². The van der Waals surface area contributed by atoms with Gasteiger partial charge in [-0.2, -0.15) is 5.10 Å². The highest BCUT2D eigenvalue weighted by Crippen LogP contribution is 2.35. The molecular weight excluding hydrogens is 242 g/mol. The lowest BCUT2D eigenvalue weighted by atomic mass is 9.79. The van der Waals surface area contributed by atoms with Crippen LogP contribution in [0.4, 0.5) is 0 Å². The molecule has 1 aromatic heterocycles. The van der Waals surface area contributed by atoms with E-state index in [9.17, 15) is 5.11 Å². The molecule has 0 saturated heterocycles. The molecule has 1 saturated carbocycles. The molecular formula is C14H25N3O2. The summed E-state index contributed by atoms with van der Waals surface area (Å²) in [5, 5.41) is 14.8. The van der Waals surface area contributed by atoms with Crippen LogP contribution in [0.25, 0.3) is 0 Å². The van der Waals surface area contributed by atoms with Gasteiger partial charge >= 0.3 is 0 Å². The number of rotatable bonds is 5. The number of hydrogen-bond donors (Lipinski definition) is 1. The Morgan fingerprint density at radius 1 is 1.37 bits per heavy atom. The van der Waals surface area contributed by atoms with Crippen LogP contribution in [0.5, 0.6) is 0 Å². The minimum Gasteiger partial charge on any atom is -0.390 e. The van der Waals surface area contributed by atoms with Gasteiger partial charge in [-0.15, -0.1) is 0 Å². The first kappa shape index (κ1) is 14.5. The van der Waals surface area contributed by atoms with Crippen LogP contribution in [0.1, 0.15) is 57.8 Å². The third-order valence-electron chi connectivity index (χ3n) is 4.23. The van der Waals surface area contributed by atoms with Crippen LogP contribution in [0.2, 0.25) is 0 Å². The van der Waals surface area contributed by atoms with E-state index in [0.29, 0.717) is 6.42 Å². The Morgan fingerprint density at radius 3 is 2.63 bits per heavy atom. The van der Waals surface area contributed by atoms with Gasteiger partial charge in [-0.05, 0) is 26.7 Å². The summed E-state index contributed by atoms with van der Waals surface area (Å²) in [5.41, 5.74) is -0.397. The average molecular weight is 267 g/mol. The third kappa shape index (κ3) is 2.98. The van der Waals surface area contributed by atoms with Crippen LogP contribution in [0, 0.1) is 0 Å². The van der Waals surface area contributed by atoms with E-state index in [1.54, 1.807) is 13.4 Å². The molecule has 0 spiro atoms. The lowest BCUT2D eigenvalue weighted by Crippen LogP contribution is -2.47. The van der Waals surface area contributed by atoms with E-state index in [1.165, 1.54) is 6.42 Å². The summed E-state index contributed by atoms with van der Waals surface area (Å²) >= 11 is 0. The van der Waals surface area contributed by atoms with Crippen LogP contribution in [0.3, 0.4) is 0 Å². The third-order valence-corrected chi connectivity index (χ3v) is 4.23. The Bertz CT molecular complexity index is 397. The molecule has 1 atom stereocenters. The van der Waals surface area contributed by atoms with Crippen molar-refractivity contribution in [3.63, 3.8) is 0 Å². The first-order valence-corrected chi connectivity index (χ1v) is 7.20. The van der Waals surface area contributed by atoms with Crippen LogP contribution in [-0.2, 0) is 11.2 Å². The van der Waals surface area contributed by atoms with Gasteiger partial charge in [0, 0.05) is 19.6 Å². The molecule has 1 fully saturated rings. The van der Waals surface area contributed by atoms with Crippen LogP contribution in [-0.4, -0.2) is 38.7 Å². The van der Waals surface area contributed by atoms with Gasteiger partial charge in [0.15, 0.2) is 0 Å². The summed E-state index contributed by atoms with van der Waals surface area (Å²) in [7, 11) is 1.71. The molecule has 0 aromatic carbocycles. The molecule has 1 aliphatic carbocycles. The number of aliphatic hydroxyl groups excluding tert-OH is 1. The largest absolute Gasteiger partial charge is 0.390 e. The van der Waals surface area contributed by atoms with Crippen molar-refractivity contribution < 1.29 is 9.84 Å². The van der Waals surface area contributed by atoms with Gasteiger partial charge in [-0.25, -0.2) is 9.67 Å². The average Bonchev–Trinajstić information content (AvgIpc) is 2.87. The van der Waals surface area contributed by atoms with Crippen molar-refractivity contribution >= 4 is 0 Å². The van der Waals surface area contributed by atoms with Gasteiger partial charge in [0.05, 0.1) is 11.7 Å². The van der Waals surface area contributed by atoms with Crippen LogP contribution < -0.4 is 0 Å². The van der Waals surface area contributed by atoms with E-state index < -0.39 is 11.7 Å². The molecule has 2 rings (SSSR count). The molecule has 1 aliphatic rings. The summed E-state index contributed by atoms with van der Waals surface area (Å²) in [6.45, 7) is 4.13. The minimum atomic E-state index is -0.514. The van der Waals surface area contributed by atoms with Crippen molar-refractivity contribution in [2.45, 2.75) is 70.1 Å². The lowest BCUT2D eigenvalue weighted by Gasteiger charge is -2.39. The van der Waals surface area contributed by atoms with Gasteiger partial charge in [-0.3, -0.25) is 0 Å². The fraction of sp³-hybridized carbons (Fsp3) is 0.857. The zero-order valence-electron chi connectivity index (χ0n) is 12.2. The number of hydrogen-bond acceptors (Lipinski definition) is 4. The Balaban J connectivity index is 2.10. The first-order chi connectivity index (χ1) is 9.09. The smallest absolute Gasteiger partial charge is 0.138 e. The summed E-state index contributed by atoms with van der Waals surface area (Å²) in [6, 6.07) is 0.259. The minimum absolute atomic E-state index is 0.259. The van der Waals surface area contributed by atoms with E-state index in [1.807, 2.05) is 4.68 Å². The van der Waals surface area contributed by atoms with Crippen molar-refractivity contribution in [3.05, 3.63) is 12.2 Å². The molecule has 0 bridgehead atoms. The van der Waals surface area contributed by atoms with Crippen molar-refractivity contribution in [3.8, 4) is 0 Å². The van der Waals surface area contributed by atoms with Gasteiger partial charge in [-0.1, -0.05) is 19.3 Å². The summed E-state index contributed by atoms with van der Waals surface area (Å²) in [6.07, 6.45) is 6.90. The molecule has 19 heavy (non-hydrogen) atoms. The van der Waals surface area contributed by atoms with E-state index >= 15 is 0 Å². The topological polar surface area (TPSA) is 60.2 Å². The number of ether oxygens (including phenoxy) is 1. The number of nitrogens with zero attached hydrogens (tertiary/aromatic N) is 3. The van der Waals surface area contributed by atoms with Crippen LogP contribution >= 0.6 is 0 Å². The second-order valence-electron chi connectivity index (χ2n) is 5.76. The quantitative estimate of drug-likeness (QED) is 0.887. The molecule has 108 valence electrons. The number of aromatic nitrogens is 3. The number of aliphatic hydroxyl groups is 1. The van der Waals surface area contributed by atoms with Crippen molar-refractivity contribution in [2.24, 2.45) is 0 Å². The highest BCUT2D eigenvalue weighted by atomic mass is 16.5. The molecule has 5 heteroatoms. The Hall–Kier alpha value is -0.940. The zero-order valence-corrected chi connectivity index (χ0v) is 12.2. The van der Waals surface area contributed by atoms with Gasteiger partial charge < -0.3 is 9.84 Å². The Labute approximate surface area is 115 Å². The second kappa shape index (κ2) is 6.01. The van der Waals surface area contributed by atoms with E-state index in [2.05, 4.69) is 23.9 Å².